The van der Waals surface area contributed by atoms with Gasteiger partial charge in [-0.2, -0.15) is 0 Å². The predicted molar refractivity (Wildman–Crippen MR) is 311 cm³/mol. The minimum Gasteiger partial charge on any atom is -0.248 e. The van der Waals surface area contributed by atoms with Crippen LogP contribution in [0.1, 0.15) is 0 Å². The first-order chi connectivity index (χ1) is 36.7. The molecule has 0 saturated carbocycles. The molecule has 13 aromatic rings. The predicted octanol–water partition coefficient (Wildman–Crippen LogP) is 19.5. The van der Waals surface area contributed by atoms with Gasteiger partial charge in [-0.05, 0) is 119 Å². The summed E-state index contributed by atoms with van der Waals surface area (Å²) >= 11 is 0. The van der Waals surface area contributed by atoms with E-state index in [4.69, 9.17) is 9.97 Å². The monoisotopic (exact) mass is 940 g/mol. The summed E-state index contributed by atoms with van der Waals surface area (Å²) in [6.07, 6.45) is 0. The van der Waals surface area contributed by atoms with E-state index in [0.717, 1.165) is 78.4 Å². The Morgan fingerprint density at radius 3 is 0.838 bits per heavy atom. The Morgan fingerprint density at radius 2 is 0.446 bits per heavy atom. The molecule has 13 rings (SSSR count). The minimum atomic E-state index is 0.949. The van der Waals surface area contributed by atoms with Gasteiger partial charge in [0.2, 0.25) is 0 Å². The van der Waals surface area contributed by atoms with Crippen LogP contribution in [0.3, 0.4) is 0 Å². The maximum absolute atomic E-state index is 5.17. The summed E-state index contributed by atoms with van der Waals surface area (Å²) in [7, 11) is 0. The highest BCUT2D eigenvalue weighted by molar-refractivity contribution is 6.22. The second-order valence-corrected chi connectivity index (χ2v) is 18.8. The molecule has 0 N–H and O–H groups in total. The number of nitrogens with zero attached hydrogens (tertiary/aromatic N) is 2. The van der Waals surface area contributed by atoms with Gasteiger partial charge in [-0.1, -0.05) is 261 Å². The molecule has 0 bridgehead atoms. The van der Waals surface area contributed by atoms with Gasteiger partial charge in [-0.25, -0.2) is 9.97 Å². The number of benzene rings is 11. The van der Waals surface area contributed by atoms with Gasteiger partial charge >= 0.3 is 0 Å². The molecule has 2 heteroatoms. The first-order valence-electron chi connectivity index (χ1n) is 25.3. The third-order valence-electron chi connectivity index (χ3n) is 14.3. The largest absolute Gasteiger partial charge is 0.248 e. The second-order valence-electron chi connectivity index (χ2n) is 18.8. The highest BCUT2D eigenvalue weighted by Gasteiger charge is 2.20. The van der Waals surface area contributed by atoms with Crippen molar-refractivity contribution in [2.75, 3.05) is 0 Å². The fraction of sp³-hybridized carbons (Fsp3) is 0. The second kappa shape index (κ2) is 19.4. The summed E-state index contributed by atoms with van der Waals surface area (Å²) in [5.74, 6) is 0. The van der Waals surface area contributed by atoms with E-state index in [-0.39, 0.29) is 0 Å². The Labute approximate surface area is 432 Å². The number of pyridine rings is 2. The summed E-state index contributed by atoms with van der Waals surface area (Å²) < 4.78 is 0. The molecule has 74 heavy (non-hydrogen) atoms. The zero-order valence-corrected chi connectivity index (χ0v) is 40.6. The molecule has 0 aliphatic rings. The van der Waals surface area contributed by atoms with Crippen molar-refractivity contribution in [2.24, 2.45) is 0 Å². The zero-order chi connectivity index (χ0) is 49.2. The maximum atomic E-state index is 5.17. The van der Waals surface area contributed by atoms with E-state index >= 15 is 0 Å². The SMILES string of the molecule is c1ccc(-c2cc(-c3ccc(-c4c5ccccc5c(-c5ccc(-c6cc(-c7ccccc7)nc(-c7ccccc7)c6)cc5)c5cc(-c6ccccc6-c6ccccc6)ccc45)cc3)cc(-c3ccccc3)n2)cc1. The van der Waals surface area contributed by atoms with E-state index in [1.54, 1.807) is 0 Å². The van der Waals surface area contributed by atoms with Crippen molar-refractivity contribution >= 4 is 21.5 Å². The van der Waals surface area contributed by atoms with Crippen molar-refractivity contribution in [2.45, 2.75) is 0 Å². The quantitative estimate of drug-likeness (QED) is 0.128. The van der Waals surface area contributed by atoms with Crippen molar-refractivity contribution in [3.8, 4) is 112 Å². The number of hydrogen-bond donors (Lipinski definition) is 0. The van der Waals surface area contributed by atoms with Crippen LogP contribution in [0.5, 0.6) is 0 Å². The number of hydrogen-bond acceptors (Lipinski definition) is 2. The Kier molecular flexibility index (Phi) is 11.6. The summed E-state index contributed by atoms with van der Waals surface area (Å²) in [5.41, 5.74) is 22.2. The van der Waals surface area contributed by atoms with E-state index in [1.165, 1.54) is 54.9 Å². The standard InChI is InChI=1S/C72H48N2/c1-6-20-51(21-7-1)61-30-16-17-31-62(61)58-42-43-65-66(44-58)72(57-40-36-50(37-41-57)60-47-69(54-26-12-4-13-27-54)74-70(48-60)55-28-14-5-15-29-55)64-33-19-18-32-63(64)71(65)56-38-34-49(35-39-56)59-45-67(52-22-8-2-9-23-52)73-68(46-59)53-24-10-3-11-25-53/h1-48H. The Morgan fingerprint density at radius 1 is 0.162 bits per heavy atom. The molecular weight excluding hydrogens is 893 g/mol. The third kappa shape index (κ3) is 8.55. The van der Waals surface area contributed by atoms with Crippen LogP contribution in [0.2, 0.25) is 0 Å². The van der Waals surface area contributed by atoms with Crippen molar-refractivity contribution in [1.29, 1.82) is 0 Å². The van der Waals surface area contributed by atoms with E-state index in [2.05, 4.69) is 291 Å². The van der Waals surface area contributed by atoms with Crippen LogP contribution in [0.15, 0.2) is 291 Å². The Hall–Kier alpha value is -9.76. The van der Waals surface area contributed by atoms with Crippen LogP contribution >= 0.6 is 0 Å². The first-order valence-corrected chi connectivity index (χ1v) is 25.3. The molecule has 0 unspecified atom stereocenters. The highest BCUT2D eigenvalue weighted by atomic mass is 14.7. The van der Waals surface area contributed by atoms with Gasteiger partial charge < -0.3 is 0 Å². The molecule has 0 radical (unpaired) electrons. The molecule has 0 fully saturated rings. The lowest BCUT2D eigenvalue weighted by Gasteiger charge is -2.20. The van der Waals surface area contributed by atoms with Crippen molar-refractivity contribution in [1.82, 2.24) is 9.97 Å². The fourth-order valence-corrected chi connectivity index (χ4v) is 10.7. The number of rotatable bonds is 10. The van der Waals surface area contributed by atoms with E-state index in [0.29, 0.717) is 0 Å². The van der Waals surface area contributed by atoms with Gasteiger partial charge in [0.15, 0.2) is 0 Å². The van der Waals surface area contributed by atoms with Gasteiger partial charge in [-0.3, -0.25) is 0 Å². The van der Waals surface area contributed by atoms with E-state index < -0.39 is 0 Å². The van der Waals surface area contributed by atoms with Crippen LogP contribution in [0, 0.1) is 0 Å². The minimum absolute atomic E-state index is 0.949. The summed E-state index contributed by atoms with van der Waals surface area (Å²) in [6, 6.07) is 105. The van der Waals surface area contributed by atoms with Crippen molar-refractivity contribution in [3.63, 3.8) is 0 Å². The molecule has 0 spiro atoms. The topological polar surface area (TPSA) is 25.8 Å². The molecule has 11 aromatic carbocycles. The van der Waals surface area contributed by atoms with Crippen LogP contribution in [-0.2, 0) is 0 Å². The van der Waals surface area contributed by atoms with Crippen LogP contribution in [0.4, 0.5) is 0 Å². The lowest BCUT2D eigenvalue weighted by atomic mass is 9.83. The molecule has 2 heterocycles. The van der Waals surface area contributed by atoms with Gasteiger partial charge in [0.05, 0.1) is 22.8 Å². The summed E-state index contributed by atoms with van der Waals surface area (Å²) in [5, 5.41) is 4.81. The highest BCUT2D eigenvalue weighted by Crippen LogP contribution is 2.46. The molecule has 2 aromatic heterocycles. The molecule has 0 aliphatic carbocycles. The molecule has 0 amide bonds. The average molecular weight is 941 g/mol. The lowest BCUT2D eigenvalue weighted by molar-refractivity contribution is 1.32. The lowest BCUT2D eigenvalue weighted by Crippen LogP contribution is -1.93. The van der Waals surface area contributed by atoms with Gasteiger partial charge in [0, 0.05) is 22.3 Å². The van der Waals surface area contributed by atoms with Crippen molar-refractivity contribution < 1.29 is 0 Å². The molecule has 346 valence electrons. The van der Waals surface area contributed by atoms with E-state index in [1.807, 2.05) is 0 Å². The molecule has 0 aliphatic heterocycles. The van der Waals surface area contributed by atoms with E-state index in [9.17, 15) is 0 Å². The van der Waals surface area contributed by atoms with Crippen LogP contribution in [0.25, 0.3) is 133 Å². The number of fused-ring (bicyclic) bond motifs is 2. The Bertz CT molecular complexity index is 4000. The smallest absolute Gasteiger partial charge is 0.0715 e. The van der Waals surface area contributed by atoms with Gasteiger partial charge in [-0.15, -0.1) is 0 Å². The summed E-state index contributed by atoms with van der Waals surface area (Å²) in [4.78, 5) is 10.3. The third-order valence-corrected chi connectivity index (χ3v) is 14.3. The fourth-order valence-electron chi connectivity index (χ4n) is 10.7. The average Bonchev–Trinajstić information content (AvgIpc) is 3.49. The summed E-state index contributed by atoms with van der Waals surface area (Å²) in [6.45, 7) is 0. The first kappa shape index (κ1) is 44.2. The van der Waals surface area contributed by atoms with Crippen molar-refractivity contribution in [3.05, 3.63) is 291 Å². The van der Waals surface area contributed by atoms with Crippen LogP contribution < -0.4 is 0 Å². The normalized spacial score (nSPS) is 11.2. The van der Waals surface area contributed by atoms with Crippen LogP contribution in [-0.4, -0.2) is 9.97 Å². The number of aromatic nitrogens is 2. The van der Waals surface area contributed by atoms with Gasteiger partial charge in [0.25, 0.3) is 0 Å². The molecule has 2 nitrogen and oxygen atoms in total. The maximum Gasteiger partial charge on any atom is 0.0715 e. The van der Waals surface area contributed by atoms with Gasteiger partial charge in [0.1, 0.15) is 0 Å². The molecule has 0 saturated heterocycles. The molecule has 0 atom stereocenters. The Balaban J connectivity index is 0.978. The zero-order valence-electron chi connectivity index (χ0n) is 40.6. The molecular formula is C72H48N2.